The summed E-state index contributed by atoms with van der Waals surface area (Å²) < 4.78 is 25.8. The molecule has 0 aliphatic rings. The standard InChI is InChI=1S/C9H13NO8P2/c11-10(12)9-3-1-8(2-4-9)5-6-18-20(16,17)7-19(13,14)15/h1-4H,5-7H2,(H,16,17)(H2,13,14,15)/p-3. The van der Waals surface area contributed by atoms with Gasteiger partial charge in [-0.15, -0.1) is 0 Å². The van der Waals surface area contributed by atoms with Crippen LogP contribution < -0.4 is 14.7 Å². The zero-order chi connectivity index (χ0) is 15.4. The summed E-state index contributed by atoms with van der Waals surface area (Å²) in [5.41, 5.74) is 0.464. The van der Waals surface area contributed by atoms with E-state index in [1.54, 1.807) is 0 Å². The van der Waals surface area contributed by atoms with Crippen molar-refractivity contribution in [3.63, 3.8) is 0 Å². The van der Waals surface area contributed by atoms with Crippen molar-refractivity contribution < 1.29 is 33.3 Å². The molecule has 0 fully saturated rings. The summed E-state index contributed by atoms with van der Waals surface area (Å²) in [6.07, 6.45) is 0.103. The van der Waals surface area contributed by atoms with E-state index in [-0.39, 0.29) is 18.7 Å². The van der Waals surface area contributed by atoms with Gasteiger partial charge in [0.25, 0.3) is 5.69 Å². The fourth-order valence-electron chi connectivity index (χ4n) is 1.34. The Balaban J connectivity index is 2.50. The molecule has 1 aromatic rings. The van der Waals surface area contributed by atoms with Gasteiger partial charge in [0.2, 0.25) is 0 Å². The molecule has 0 saturated carbocycles. The maximum absolute atomic E-state index is 11.1. The monoisotopic (exact) mass is 322 g/mol. The van der Waals surface area contributed by atoms with Crippen molar-refractivity contribution in [2.24, 2.45) is 0 Å². The van der Waals surface area contributed by atoms with Crippen molar-refractivity contribution in [3.05, 3.63) is 39.9 Å². The number of non-ortho nitro benzene ring substituents is 1. The molecule has 20 heavy (non-hydrogen) atoms. The number of hydrogen-bond donors (Lipinski definition) is 0. The van der Waals surface area contributed by atoms with Crippen LogP contribution in [-0.2, 0) is 20.1 Å². The van der Waals surface area contributed by atoms with Crippen LogP contribution in [0.4, 0.5) is 5.69 Å². The number of benzene rings is 1. The SMILES string of the molecule is O=[N+]([O-])c1ccc(CCOP(=O)([O-])CP(=O)([O-])[O-])cc1. The second-order valence-corrected chi connectivity index (χ2v) is 7.70. The lowest BCUT2D eigenvalue weighted by molar-refractivity contribution is -0.384. The molecule has 0 heterocycles. The van der Waals surface area contributed by atoms with Gasteiger partial charge in [-0.25, -0.2) is 0 Å². The summed E-state index contributed by atoms with van der Waals surface area (Å²) in [5, 5.41) is 10.4. The van der Waals surface area contributed by atoms with E-state index in [0.29, 0.717) is 5.56 Å². The van der Waals surface area contributed by atoms with Crippen LogP contribution in [0.3, 0.4) is 0 Å². The molecule has 0 aliphatic carbocycles. The second kappa shape index (κ2) is 6.58. The van der Waals surface area contributed by atoms with E-state index < -0.39 is 26.0 Å². The predicted octanol–water partition coefficient (Wildman–Crippen LogP) is -0.422. The second-order valence-electron chi connectivity index (χ2n) is 3.87. The van der Waals surface area contributed by atoms with Gasteiger partial charge in [-0.2, -0.15) is 0 Å². The third-order valence-electron chi connectivity index (χ3n) is 2.17. The topological polar surface area (TPSA) is 156 Å². The van der Waals surface area contributed by atoms with Crippen molar-refractivity contribution in [2.75, 3.05) is 12.5 Å². The van der Waals surface area contributed by atoms with Gasteiger partial charge in [0, 0.05) is 18.0 Å². The molecule has 0 N–H and O–H groups in total. The van der Waals surface area contributed by atoms with Crippen LogP contribution in [0.2, 0.25) is 0 Å². The minimum absolute atomic E-state index is 0.103. The lowest BCUT2D eigenvalue weighted by Gasteiger charge is -2.35. The summed E-state index contributed by atoms with van der Waals surface area (Å²) in [6, 6.07) is 5.33. The highest BCUT2D eigenvalue weighted by Crippen LogP contribution is 2.47. The minimum Gasteiger partial charge on any atom is -0.810 e. The molecule has 1 unspecified atom stereocenters. The van der Waals surface area contributed by atoms with Gasteiger partial charge in [0.1, 0.15) is 7.60 Å². The normalized spacial score (nSPS) is 14.8. The van der Waals surface area contributed by atoms with Gasteiger partial charge in [-0.1, -0.05) is 19.7 Å². The van der Waals surface area contributed by atoms with Crippen LogP contribution in [0, 0.1) is 10.1 Å². The van der Waals surface area contributed by atoms with Crippen molar-refractivity contribution in [1.29, 1.82) is 0 Å². The first-order valence-electron chi connectivity index (χ1n) is 5.28. The van der Waals surface area contributed by atoms with E-state index in [9.17, 15) is 33.9 Å². The van der Waals surface area contributed by atoms with E-state index in [0.717, 1.165) is 0 Å². The molecular weight excluding hydrogens is 312 g/mol. The lowest BCUT2D eigenvalue weighted by atomic mass is 10.1. The Bertz CT molecular complexity index is 566. The molecule has 1 aromatic carbocycles. The molecule has 0 radical (unpaired) electrons. The zero-order valence-corrected chi connectivity index (χ0v) is 11.8. The fourth-order valence-corrected chi connectivity index (χ4v) is 3.73. The smallest absolute Gasteiger partial charge is 0.269 e. The van der Waals surface area contributed by atoms with Crippen molar-refractivity contribution in [1.82, 2.24) is 0 Å². The molecule has 0 aromatic heterocycles. The lowest BCUT2D eigenvalue weighted by Crippen LogP contribution is -2.21. The molecule has 0 amide bonds. The first-order chi connectivity index (χ1) is 9.09. The Kier molecular flexibility index (Phi) is 5.59. The van der Waals surface area contributed by atoms with E-state index in [2.05, 4.69) is 4.52 Å². The van der Waals surface area contributed by atoms with E-state index in [1.807, 2.05) is 0 Å². The number of hydrogen-bond acceptors (Lipinski definition) is 8. The molecule has 0 saturated heterocycles. The predicted molar refractivity (Wildman–Crippen MR) is 62.8 cm³/mol. The van der Waals surface area contributed by atoms with Crippen molar-refractivity contribution in [3.8, 4) is 0 Å². The van der Waals surface area contributed by atoms with Gasteiger partial charge >= 0.3 is 0 Å². The highest BCUT2D eigenvalue weighted by Gasteiger charge is 2.11. The third kappa shape index (κ3) is 6.38. The highest BCUT2D eigenvalue weighted by molar-refractivity contribution is 7.67. The largest absolute Gasteiger partial charge is 0.810 e. The summed E-state index contributed by atoms with van der Waals surface area (Å²) in [4.78, 5) is 41.6. The quantitative estimate of drug-likeness (QED) is 0.372. The van der Waals surface area contributed by atoms with E-state index in [1.165, 1.54) is 24.3 Å². The molecule has 112 valence electrons. The molecule has 11 heteroatoms. The minimum atomic E-state index is -5.19. The molecule has 0 spiro atoms. The first-order valence-corrected chi connectivity index (χ1v) is 8.74. The Hall–Kier alpha value is -1.08. The molecule has 0 bridgehead atoms. The highest BCUT2D eigenvalue weighted by atomic mass is 31.2. The van der Waals surface area contributed by atoms with Gasteiger partial charge in [0.05, 0.1) is 11.5 Å². The van der Waals surface area contributed by atoms with Crippen molar-refractivity contribution in [2.45, 2.75) is 6.42 Å². The Morgan fingerprint density at radius 2 is 1.65 bits per heavy atom. The Labute approximate surface area is 114 Å². The summed E-state index contributed by atoms with van der Waals surface area (Å²) in [7, 11) is -9.92. The van der Waals surface area contributed by atoms with Crippen LogP contribution in [0.5, 0.6) is 0 Å². The van der Waals surface area contributed by atoms with Gasteiger partial charge in [-0.3, -0.25) is 10.1 Å². The summed E-state index contributed by atoms with van der Waals surface area (Å²) >= 11 is 0. The van der Waals surface area contributed by atoms with Gasteiger partial charge in [-0.05, 0) is 12.0 Å². The number of rotatable bonds is 7. The third-order valence-corrected chi connectivity index (χ3v) is 5.52. The maximum Gasteiger partial charge on any atom is 0.269 e. The van der Waals surface area contributed by atoms with E-state index >= 15 is 0 Å². The van der Waals surface area contributed by atoms with Crippen LogP contribution in [0.1, 0.15) is 5.56 Å². The molecular formula is C9H10NO8P2-3. The van der Waals surface area contributed by atoms with Crippen LogP contribution in [0.25, 0.3) is 0 Å². The van der Waals surface area contributed by atoms with Gasteiger partial charge < -0.3 is 28.3 Å². The number of nitro groups is 1. The maximum atomic E-state index is 11.1. The molecule has 1 rings (SSSR count). The fraction of sp³-hybridized carbons (Fsp3) is 0.333. The van der Waals surface area contributed by atoms with Crippen LogP contribution in [-0.4, -0.2) is 17.4 Å². The Morgan fingerprint density at radius 3 is 2.10 bits per heavy atom. The molecule has 9 nitrogen and oxygen atoms in total. The summed E-state index contributed by atoms with van der Waals surface area (Å²) in [6.45, 7) is -0.349. The zero-order valence-electron chi connectivity index (χ0n) is 10.0. The summed E-state index contributed by atoms with van der Waals surface area (Å²) in [5.74, 6) is -1.57. The van der Waals surface area contributed by atoms with Crippen molar-refractivity contribution >= 4 is 20.9 Å². The molecule has 0 aliphatic heterocycles. The average molecular weight is 322 g/mol. The van der Waals surface area contributed by atoms with Crippen LogP contribution >= 0.6 is 15.2 Å². The average Bonchev–Trinajstić information content (AvgIpc) is 2.26. The van der Waals surface area contributed by atoms with E-state index in [4.69, 9.17) is 0 Å². The van der Waals surface area contributed by atoms with Crippen LogP contribution in [0.15, 0.2) is 24.3 Å². The first kappa shape index (κ1) is 17.0. The number of nitro benzene ring substituents is 1. The number of nitrogens with zero attached hydrogens (tertiary/aromatic N) is 1. The molecule has 1 atom stereocenters. The van der Waals surface area contributed by atoms with Gasteiger partial charge in [0.15, 0.2) is 0 Å². The Morgan fingerprint density at radius 1 is 1.10 bits per heavy atom.